The maximum atomic E-state index is 14.0. The molecule has 0 bridgehead atoms. The van der Waals surface area contributed by atoms with Gasteiger partial charge in [-0.15, -0.1) is 0 Å². The number of aryl methyl sites for hydroxylation is 1. The van der Waals surface area contributed by atoms with Crippen molar-refractivity contribution in [2.45, 2.75) is 25.5 Å². The molecular formula is C24H19ClN4O7. The Hall–Kier alpha value is -4.17. The molecule has 0 saturated heterocycles. The van der Waals surface area contributed by atoms with Crippen molar-refractivity contribution in [3.05, 3.63) is 54.8 Å². The van der Waals surface area contributed by atoms with E-state index in [-0.39, 0.29) is 50.9 Å². The summed E-state index contributed by atoms with van der Waals surface area (Å²) in [5.41, 5.74) is -2.98. The van der Waals surface area contributed by atoms with Crippen LogP contribution in [0.1, 0.15) is 33.3 Å². The van der Waals surface area contributed by atoms with Crippen molar-refractivity contribution in [2.24, 2.45) is 13.0 Å². The number of hydrogen-bond donors (Lipinski definition) is 0. The van der Waals surface area contributed by atoms with Crippen LogP contribution in [0.25, 0.3) is 11.0 Å². The van der Waals surface area contributed by atoms with Gasteiger partial charge in [0.1, 0.15) is 34.3 Å². The highest BCUT2D eigenvalue weighted by Crippen LogP contribution is 2.53. The van der Waals surface area contributed by atoms with E-state index in [0.29, 0.717) is 5.69 Å². The Balaban J connectivity index is 1.75. The molecule has 0 fully saturated rings. The summed E-state index contributed by atoms with van der Waals surface area (Å²) in [5, 5.41) is 9.03. The molecule has 2 atom stereocenters. The highest BCUT2D eigenvalue weighted by Gasteiger charge is 2.62. The molecule has 2 aliphatic rings. The second-order valence-corrected chi connectivity index (χ2v) is 9.02. The van der Waals surface area contributed by atoms with Crippen LogP contribution in [0.3, 0.4) is 0 Å². The molecule has 11 nitrogen and oxygen atoms in total. The summed E-state index contributed by atoms with van der Waals surface area (Å²) in [6.45, 7) is 1.21. The molecule has 2 unspecified atom stereocenters. The molecule has 36 heavy (non-hydrogen) atoms. The van der Waals surface area contributed by atoms with E-state index in [9.17, 15) is 19.2 Å². The number of carbonyl (C=O) groups is 2. The summed E-state index contributed by atoms with van der Waals surface area (Å²) in [6.07, 6.45) is 0.142. The number of Topliss-reactive ketones (excluding diaryl/α,β-unsaturated/α-hetero) is 2. The Bertz CT molecular complexity index is 1680. The summed E-state index contributed by atoms with van der Waals surface area (Å²) >= 11 is 6.44. The number of fused-ring (bicyclic) bond motifs is 3. The van der Waals surface area contributed by atoms with Gasteiger partial charge >= 0.3 is 5.69 Å². The van der Waals surface area contributed by atoms with Gasteiger partial charge in [0.15, 0.2) is 5.75 Å². The smallest absolute Gasteiger partial charge is 0.333 e. The molecule has 1 spiro atoms. The highest BCUT2D eigenvalue weighted by molar-refractivity contribution is 6.36. The van der Waals surface area contributed by atoms with Gasteiger partial charge in [-0.05, 0) is 12.5 Å². The number of methoxy groups -OCH3 is 2. The molecule has 1 aromatic carbocycles. The maximum absolute atomic E-state index is 14.0. The van der Waals surface area contributed by atoms with E-state index in [1.165, 1.54) is 33.4 Å². The van der Waals surface area contributed by atoms with E-state index >= 15 is 0 Å². The highest BCUT2D eigenvalue weighted by atomic mass is 35.5. The van der Waals surface area contributed by atoms with Crippen LogP contribution in [0, 0.1) is 17.2 Å². The summed E-state index contributed by atoms with van der Waals surface area (Å²) < 4.78 is 18.6. The van der Waals surface area contributed by atoms with Crippen molar-refractivity contribution in [1.29, 1.82) is 5.26 Å². The predicted octanol–water partition coefficient (Wildman–Crippen LogP) is 1.68. The lowest BCUT2D eigenvalue weighted by atomic mass is 9.71. The first-order valence-corrected chi connectivity index (χ1v) is 11.2. The molecule has 1 aliphatic carbocycles. The lowest BCUT2D eigenvalue weighted by Gasteiger charge is -2.36. The molecule has 0 N–H and O–H groups in total. The Morgan fingerprint density at radius 3 is 2.53 bits per heavy atom. The summed E-state index contributed by atoms with van der Waals surface area (Å²) in [4.78, 5) is 57.8. The summed E-state index contributed by atoms with van der Waals surface area (Å²) in [7, 11) is 4.19. The maximum Gasteiger partial charge on any atom is 0.333 e. The largest absolute Gasteiger partial charge is 0.496 e. The van der Waals surface area contributed by atoms with Crippen LogP contribution in [-0.2, 0) is 20.0 Å². The minimum Gasteiger partial charge on any atom is -0.496 e. The number of nitrogens with zero attached hydrogens (tertiary/aromatic N) is 4. The lowest BCUT2D eigenvalue weighted by molar-refractivity contribution is 0.0257. The van der Waals surface area contributed by atoms with Crippen LogP contribution >= 0.6 is 11.6 Å². The van der Waals surface area contributed by atoms with Crippen molar-refractivity contribution >= 4 is 34.2 Å². The Labute approximate surface area is 208 Å². The van der Waals surface area contributed by atoms with Crippen molar-refractivity contribution in [1.82, 2.24) is 14.1 Å². The second-order valence-electron chi connectivity index (χ2n) is 8.65. The molecule has 3 aromatic rings. The number of rotatable bonds is 3. The zero-order valence-corrected chi connectivity index (χ0v) is 20.4. The fraction of sp³-hybridized carbons (Fsp3) is 0.333. The van der Waals surface area contributed by atoms with Crippen LogP contribution in [0.4, 0.5) is 0 Å². The zero-order valence-electron chi connectivity index (χ0n) is 19.7. The Morgan fingerprint density at radius 2 is 1.89 bits per heavy atom. The summed E-state index contributed by atoms with van der Waals surface area (Å²) in [6, 6.07) is 4.53. The van der Waals surface area contributed by atoms with Crippen molar-refractivity contribution in [3.63, 3.8) is 0 Å². The Morgan fingerprint density at radius 1 is 1.19 bits per heavy atom. The first kappa shape index (κ1) is 23.6. The van der Waals surface area contributed by atoms with Gasteiger partial charge in [0.05, 0.1) is 31.4 Å². The van der Waals surface area contributed by atoms with Gasteiger partial charge in [-0.1, -0.05) is 18.5 Å². The quantitative estimate of drug-likeness (QED) is 0.481. The molecule has 2 aromatic heterocycles. The minimum atomic E-state index is -1.96. The standard InChI is InChI=1S/C24H19ClN4O7/c1-10-7-13-11(8-12-21(27-13)28(2)23(33)29(6-5-26)22(12)32)19(30)24(10)20(31)16-14(34-3)9-15(35-4)17(25)18(16)36-24/h8-10H,6-7H2,1-4H3. The number of halogens is 1. The van der Waals surface area contributed by atoms with Crippen molar-refractivity contribution in [2.75, 3.05) is 14.2 Å². The van der Waals surface area contributed by atoms with E-state index in [1.807, 2.05) is 0 Å². The molecule has 0 amide bonds. The van der Waals surface area contributed by atoms with E-state index in [1.54, 1.807) is 13.0 Å². The predicted molar refractivity (Wildman–Crippen MR) is 126 cm³/mol. The van der Waals surface area contributed by atoms with Crippen molar-refractivity contribution < 1.29 is 23.8 Å². The Kier molecular flexibility index (Phi) is 5.19. The van der Waals surface area contributed by atoms with Gasteiger partial charge in [-0.25, -0.2) is 14.3 Å². The van der Waals surface area contributed by atoms with Crippen LogP contribution < -0.4 is 25.5 Å². The molecule has 3 heterocycles. The lowest BCUT2D eigenvalue weighted by Crippen LogP contribution is -2.57. The van der Waals surface area contributed by atoms with Gasteiger partial charge in [0, 0.05) is 24.6 Å². The van der Waals surface area contributed by atoms with E-state index in [4.69, 9.17) is 31.1 Å². The second kappa shape index (κ2) is 7.93. The third-order valence-corrected chi connectivity index (χ3v) is 7.17. The number of hydrogen-bond acceptors (Lipinski definition) is 9. The molecule has 184 valence electrons. The molecular weight excluding hydrogens is 492 g/mol. The molecule has 0 saturated carbocycles. The molecule has 1 aliphatic heterocycles. The van der Waals surface area contributed by atoms with Crippen LogP contribution in [0.2, 0.25) is 5.02 Å². The molecule has 12 heteroatoms. The average Bonchev–Trinajstić information content (AvgIpc) is 3.18. The number of nitriles is 1. The van der Waals surface area contributed by atoms with E-state index < -0.39 is 40.9 Å². The van der Waals surface area contributed by atoms with E-state index in [2.05, 4.69) is 4.98 Å². The van der Waals surface area contributed by atoms with Crippen molar-refractivity contribution in [3.8, 4) is 23.3 Å². The summed E-state index contributed by atoms with van der Waals surface area (Å²) in [5.74, 6) is -1.65. The topological polar surface area (TPSA) is 143 Å². The van der Waals surface area contributed by atoms with Crippen LogP contribution in [0.15, 0.2) is 21.7 Å². The number of carbonyl (C=O) groups excluding carboxylic acids is 2. The van der Waals surface area contributed by atoms with Crippen LogP contribution in [-0.4, -0.2) is 45.5 Å². The van der Waals surface area contributed by atoms with Gasteiger partial charge in [0.25, 0.3) is 5.56 Å². The third-order valence-electron chi connectivity index (χ3n) is 6.82. The number of pyridine rings is 1. The van der Waals surface area contributed by atoms with Crippen LogP contribution in [0.5, 0.6) is 17.2 Å². The number of benzene rings is 1. The first-order valence-electron chi connectivity index (χ1n) is 10.9. The molecule has 5 rings (SSSR count). The fourth-order valence-corrected chi connectivity index (χ4v) is 5.22. The third kappa shape index (κ3) is 2.82. The minimum absolute atomic E-state index is 0.0167. The van der Waals surface area contributed by atoms with Gasteiger partial charge in [-0.2, -0.15) is 5.26 Å². The van der Waals surface area contributed by atoms with Gasteiger partial charge in [-0.3, -0.25) is 19.0 Å². The average molecular weight is 511 g/mol. The fourth-order valence-electron chi connectivity index (χ4n) is 4.95. The van der Waals surface area contributed by atoms with E-state index in [0.717, 1.165) is 9.13 Å². The SMILES string of the molecule is COc1cc(OC)c2c(c1Cl)OC1(C(=O)c3cc4c(=O)n(CC#N)c(=O)n(C)c4nc3CC1C)C2=O. The monoisotopic (exact) mass is 510 g/mol. The zero-order chi connectivity index (χ0) is 26.1. The first-order chi connectivity index (χ1) is 17.1. The molecule has 0 radical (unpaired) electrons. The number of ether oxygens (including phenoxy) is 3. The van der Waals surface area contributed by atoms with Gasteiger partial charge < -0.3 is 14.2 Å². The normalized spacial score (nSPS) is 20.2. The van der Waals surface area contributed by atoms with Gasteiger partial charge in [0.2, 0.25) is 17.2 Å². The number of aromatic nitrogens is 3. The number of ketones is 2.